The van der Waals surface area contributed by atoms with Gasteiger partial charge in [0.15, 0.2) is 0 Å². The molecular formula is C26H37N3O3S. The molecule has 0 spiro atoms. The number of aryl methyl sites for hydroxylation is 1. The number of carboxylic acid groups (broad SMARTS) is 1. The number of unbranched alkanes of at least 4 members (excludes halogenated alkanes) is 1. The van der Waals surface area contributed by atoms with Crippen LogP contribution >= 0.6 is 12.6 Å². The van der Waals surface area contributed by atoms with Gasteiger partial charge in [0, 0.05) is 24.6 Å². The number of amides is 1. The molecule has 1 unspecified atom stereocenters. The Hall–Kier alpha value is -2.28. The Kier molecular flexibility index (Phi) is 9.85. The maximum Gasteiger partial charge on any atom is 0.335 e. The van der Waals surface area contributed by atoms with E-state index in [0.717, 1.165) is 42.8 Å². The molecule has 2 aromatic rings. The molecule has 1 aliphatic rings. The number of carbonyl (C=O) groups is 2. The summed E-state index contributed by atoms with van der Waals surface area (Å²) >= 11 is 4.47. The van der Waals surface area contributed by atoms with Crippen molar-refractivity contribution in [2.24, 2.45) is 11.8 Å². The zero-order chi connectivity index (χ0) is 23.6. The van der Waals surface area contributed by atoms with E-state index in [0.29, 0.717) is 24.8 Å². The number of carbonyl (C=O) groups excluding carboxylic acids is 1. The van der Waals surface area contributed by atoms with E-state index in [4.69, 9.17) is 5.11 Å². The number of imidazole rings is 1. The number of nitrogens with one attached hydrogen (secondary N) is 1. The highest BCUT2D eigenvalue weighted by Crippen LogP contribution is 2.29. The number of aromatic carboxylic acids is 1. The molecule has 0 radical (unpaired) electrons. The van der Waals surface area contributed by atoms with Gasteiger partial charge in [-0.05, 0) is 36.5 Å². The van der Waals surface area contributed by atoms with Crippen LogP contribution in [-0.4, -0.2) is 32.3 Å². The molecule has 6 nitrogen and oxygen atoms in total. The molecule has 1 saturated carbocycles. The molecule has 180 valence electrons. The summed E-state index contributed by atoms with van der Waals surface area (Å²) in [5, 5.41) is 12.3. The highest BCUT2D eigenvalue weighted by molar-refractivity contribution is 7.80. The number of aromatic nitrogens is 2. The Labute approximate surface area is 202 Å². The molecule has 0 saturated heterocycles. The van der Waals surface area contributed by atoms with E-state index in [1.54, 1.807) is 12.1 Å². The standard InChI is InChI=1S/C26H37N3O3S/c1-2-3-9-24-27-15-23(29(24)17-20-10-12-21(13-11-20)26(31)32)16-28-25(30)22(18-33)14-19-7-5-4-6-8-19/h10-13,15,19,22,33H,2-9,14,16-18H2,1H3,(H,28,30)(H,31,32). The van der Waals surface area contributed by atoms with Crippen molar-refractivity contribution in [2.45, 2.75) is 77.8 Å². The molecule has 1 atom stereocenters. The topological polar surface area (TPSA) is 84.2 Å². The first kappa shape index (κ1) is 25.3. The van der Waals surface area contributed by atoms with E-state index in [9.17, 15) is 9.59 Å². The number of hydrogen-bond acceptors (Lipinski definition) is 4. The fraction of sp³-hybridized carbons (Fsp3) is 0.577. The smallest absolute Gasteiger partial charge is 0.335 e. The lowest BCUT2D eigenvalue weighted by atomic mass is 9.83. The van der Waals surface area contributed by atoms with Crippen molar-refractivity contribution in [3.8, 4) is 0 Å². The number of nitrogens with zero attached hydrogens (tertiary/aromatic N) is 2. The van der Waals surface area contributed by atoms with Crippen LogP contribution in [0, 0.1) is 11.8 Å². The average molecular weight is 472 g/mol. The minimum absolute atomic E-state index is 0.0593. The van der Waals surface area contributed by atoms with Gasteiger partial charge in [-0.15, -0.1) is 0 Å². The molecule has 0 bridgehead atoms. The number of benzene rings is 1. The van der Waals surface area contributed by atoms with Gasteiger partial charge in [0.2, 0.25) is 5.91 Å². The van der Waals surface area contributed by atoms with Crippen LogP contribution in [0.4, 0.5) is 0 Å². The van der Waals surface area contributed by atoms with Gasteiger partial charge in [-0.2, -0.15) is 12.6 Å². The third-order valence-corrected chi connectivity index (χ3v) is 7.13. The van der Waals surface area contributed by atoms with Crippen molar-refractivity contribution < 1.29 is 14.7 Å². The molecule has 3 rings (SSSR count). The van der Waals surface area contributed by atoms with Crippen molar-refractivity contribution in [3.05, 3.63) is 53.1 Å². The minimum Gasteiger partial charge on any atom is -0.478 e. The molecule has 1 aliphatic carbocycles. The van der Waals surface area contributed by atoms with Crippen molar-refractivity contribution in [1.29, 1.82) is 0 Å². The minimum atomic E-state index is -0.928. The van der Waals surface area contributed by atoms with Crippen LogP contribution in [0.25, 0.3) is 0 Å². The lowest BCUT2D eigenvalue weighted by Crippen LogP contribution is -2.33. The second-order valence-electron chi connectivity index (χ2n) is 9.19. The zero-order valence-electron chi connectivity index (χ0n) is 19.6. The third kappa shape index (κ3) is 7.36. The van der Waals surface area contributed by atoms with Crippen molar-refractivity contribution in [1.82, 2.24) is 14.9 Å². The summed E-state index contributed by atoms with van der Waals surface area (Å²) < 4.78 is 2.16. The van der Waals surface area contributed by atoms with Crippen LogP contribution in [0.2, 0.25) is 0 Å². The molecule has 1 fully saturated rings. The third-order valence-electron chi connectivity index (χ3n) is 6.69. The summed E-state index contributed by atoms with van der Waals surface area (Å²) in [5.41, 5.74) is 2.25. The largest absolute Gasteiger partial charge is 0.478 e. The highest BCUT2D eigenvalue weighted by atomic mass is 32.1. The molecule has 1 amide bonds. The van der Waals surface area contributed by atoms with Gasteiger partial charge in [-0.25, -0.2) is 9.78 Å². The van der Waals surface area contributed by atoms with Gasteiger partial charge in [0.1, 0.15) is 5.82 Å². The van der Waals surface area contributed by atoms with Crippen LogP contribution in [0.5, 0.6) is 0 Å². The van der Waals surface area contributed by atoms with Crippen LogP contribution in [0.1, 0.15) is 85.7 Å². The van der Waals surface area contributed by atoms with Gasteiger partial charge in [0.25, 0.3) is 0 Å². The highest BCUT2D eigenvalue weighted by Gasteiger charge is 2.23. The Morgan fingerprint density at radius 1 is 1.21 bits per heavy atom. The molecule has 33 heavy (non-hydrogen) atoms. The summed E-state index contributed by atoms with van der Waals surface area (Å²) in [6.07, 6.45) is 12.1. The first-order valence-corrected chi connectivity index (χ1v) is 12.9. The molecule has 0 aliphatic heterocycles. The molecule has 1 aromatic carbocycles. The van der Waals surface area contributed by atoms with Crippen LogP contribution in [-0.2, 0) is 24.3 Å². The molecule has 2 N–H and O–H groups in total. The summed E-state index contributed by atoms with van der Waals surface area (Å²) in [6, 6.07) is 6.95. The number of carboxylic acids is 1. The van der Waals surface area contributed by atoms with Gasteiger partial charge >= 0.3 is 5.97 Å². The van der Waals surface area contributed by atoms with E-state index in [-0.39, 0.29) is 17.4 Å². The van der Waals surface area contributed by atoms with Crippen molar-refractivity contribution >= 4 is 24.5 Å². The van der Waals surface area contributed by atoms with Crippen LogP contribution < -0.4 is 5.32 Å². The fourth-order valence-electron chi connectivity index (χ4n) is 4.67. The van der Waals surface area contributed by atoms with Crippen molar-refractivity contribution in [3.63, 3.8) is 0 Å². The zero-order valence-corrected chi connectivity index (χ0v) is 20.5. The molecule has 7 heteroatoms. The van der Waals surface area contributed by atoms with E-state index < -0.39 is 5.97 Å². The summed E-state index contributed by atoms with van der Waals surface area (Å²) in [6.45, 7) is 3.19. The average Bonchev–Trinajstić information content (AvgIpc) is 3.21. The number of rotatable bonds is 12. The van der Waals surface area contributed by atoms with Crippen LogP contribution in [0.3, 0.4) is 0 Å². The Morgan fingerprint density at radius 3 is 2.58 bits per heavy atom. The monoisotopic (exact) mass is 471 g/mol. The van der Waals surface area contributed by atoms with E-state index >= 15 is 0 Å². The number of hydrogen-bond donors (Lipinski definition) is 3. The first-order valence-electron chi connectivity index (χ1n) is 12.3. The lowest BCUT2D eigenvalue weighted by molar-refractivity contribution is -0.125. The van der Waals surface area contributed by atoms with Gasteiger partial charge in [-0.3, -0.25) is 4.79 Å². The number of thiol groups is 1. The summed E-state index contributed by atoms with van der Waals surface area (Å²) in [7, 11) is 0. The van der Waals surface area contributed by atoms with Crippen molar-refractivity contribution in [2.75, 3.05) is 5.75 Å². The second-order valence-corrected chi connectivity index (χ2v) is 9.56. The predicted molar refractivity (Wildman–Crippen MR) is 134 cm³/mol. The van der Waals surface area contributed by atoms with Crippen LogP contribution in [0.15, 0.2) is 30.5 Å². The van der Waals surface area contributed by atoms with Gasteiger partial charge in [-0.1, -0.05) is 57.6 Å². The van der Waals surface area contributed by atoms with E-state index in [1.807, 2.05) is 18.3 Å². The quantitative estimate of drug-likeness (QED) is 0.376. The SMILES string of the molecule is CCCCc1ncc(CNC(=O)C(CS)CC2CCCCC2)n1Cc1ccc(C(=O)O)cc1. The molecule has 1 aromatic heterocycles. The fourth-order valence-corrected chi connectivity index (χ4v) is 4.98. The first-order chi connectivity index (χ1) is 16.0. The maximum absolute atomic E-state index is 12.9. The normalized spacial score (nSPS) is 15.3. The van der Waals surface area contributed by atoms with Gasteiger partial charge < -0.3 is 15.0 Å². The summed E-state index contributed by atoms with van der Waals surface area (Å²) in [5.74, 6) is 1.29. The summed E-state index contributed by atoms with van der Waals surface area (Å²) in [4.78, 5) is 28.7. The lowest BCUT2D eigenvalue weighted by Gasteiger charge is -2.25. The predicted octanol–water partition coefficient (Wildman–Crippen LogP) is 5.10. The maximum atomic E-state index is 12.9. The Balaban J connectivity index is 1.67. The van der Waals surface area contributed by atoms with E-state index in [1.165, 1.54) is 32.1 Å². The second kappa shape index (κ2) is 12.8. The Bertz CT molecular complexity index is 904. The van der Waals surface area contributed by atoms with E-state index in [2.05, 4.69) is 34.4 Å². The molecular weight excluding hydrogens is 434 g/mol. The molecule has 1 heterocycles. The Morgan fingerprint density at radius 2 is 1.94 bits per heavy atom. The van der Waals surface area contributed by atoms with Gasteiger partial charge in [0.05, 0.1) is 24.0 Å².